The molecule has 0 fully saturated rings. The van der Waals surface area contributed by atoms with Crippen molar-refractivity contribution >= 4 is 59.3 Å². The molecular formula is C62H43NS. The third-order valence-corrected chi connectivity index (χ3v) is 15.5. The van der Waals surface area contributed by atoms with Crippen molar-refractivity contribution in [2.24, 2.45) is 0 Å². The van der Waals surface area contributed by atoms with Crippen LogP contribution >= 0.6 is 11.3 Å². The van der Waals surface area contributed by atoms with Crippen LogP contribution in [0.3, 0.4) is 0 Å². The molecule has 0 saturated heterocycles. The second kappa shape index (κ2) is 14.0. The van der Waals surface area contributed by atoms with E-state index in [1.807, 2.05) is 11.3 Å². The highest BCUT2D eigenvalue weighted by molar-refractivity contribution is 7.26. The van der Waals surface area contributed by atoms with E-state index < -0.39 is 5.41 Å². The van der Waals surface area contributed by atoms with Gasteiger partial charge >= 0.3 is 0 Å². The summed E-state index contributed by atoms with van der Waals surface area (Å²) in [6.07, 6.45) is 0. The predicted octanol–water partition coefficient (Wildman–Crippen LogP) is 17.0. The Balaban J connectivity index is 1.03. The van der Waals surface area contributed by atoms with Crippen molar-refractivity contribution in [3.63, 3.8) is 0 Å². The van der Waals surface area contributed by atoms with Crippen molar-refractivity contribution in [1.82, 2.24) is 0 Å². The molecule has 2 aliphatic carbocycles. The third kappa shape index (κ3) is 5.24. The van der Waals surface area contributed by atoms with E-state index in [4.69, 9.17) is 0 Å². The van der Waals surface area contributed by atoms with Gasteiger partial charge in [-0.05, 0) is 126 Å². The van der Waals surface area contributed by atoms with Crippen molar-refractivity contribution in [3.8, 4) is 33.4 Å². The van der Waals surface area contributed by atoms with Crippen molar-refractivity contribution in [2.75, 3.05) is 4.90 Å². The van der Waals surface area contributed by atoms with Crippen LogP contribution in [-0.2, 0) is 10.8 Å². The minimum Gasteiger partial charge on any atom is -0.310 e. The number of hydrogen-bond acceptors (Lipinski definition) is 2. The molecule has 0 aliphatic heterocycles. The van der Waals surface area contributed by atoms with Crippen molar-refractivity contribution in [3.05, 3.63) is 258 Å². The first-order chi connectivity index (χ1) is 31.5. The molecule has 1 heterocycles. The van der Waals surface area contributed by atoms with Gasteiger partial charge in [-0.15, -0.1) is 11.3 Å². The van der Waals surface area contributed by atoms with Gasteiger partial charge in [0, 0.05) is 42.6 Å². The molecule has 13 rings (SSSR count). The van der Waals surface area contributed by atoms with Crippen LogP contribution in [0.15, 0.2) is 224 Å². The zero-order valence-corrected chi connectivity index (χ0v) is 36.5. The fourth-order valence-corrected chi connectivity index (χ4v) is 12.6. The Kier molecular flexibility index (Phi) is 8.11. The summed E-state index contributed by atoms with van der Waals surface area (Å²) in [5.41, 5.74) is 18.3. The van der Waals surface area contributed by atoms with Gasteiger partial charge in [-0.1, -0.05) is 190 Å². The standard InChI is InChI=1S/C62H43NS/c1-61(2)53-25-12-9-21-48(53)50-35-33-45(38-55(50)61)63(44-31-28-40(29-32-44)47-24-15-16-41-30-37-58-60(59(41)47)52-23-11-14-27-57(52)64-58)46-34-36-51-49-22-10-13-26-54(49)62(56(51)39-46,42-17-5-3-6-18-42)43-19-7-4-8-20-43/h3-39H,1-2H3. The molecule has 302 valence electrons. The topological polar surface area (TPSA) is 3.24 Å². The van der Waals surface area contributed by atoms with Gasteiger partial charge in [-0.25, -0.2) is 0 Å². The minimum absolute atomic E-state index is 0.141. The normalized spacial score (nSPS) is 14.0. The maximum Gasteiger partial charge on any atom is 0.0714 e. The zero-order valence-electron chi connectivity index (χ0n) is 35.7. The van der Waals surface area contributed by atoms with Gasteiger partial charge in [0.2, 0.25) is 0 Å². The lowest BCUT2D eigenvalue weighted by molar-refractivity contribution is 0.660. The molecular weight excluding hydrogens is 791 g/mol. The summed E-state index contributed by atoms with van der Waals surface area (Å²) < 4.78 is 2.65. The molecule has 0 saturated carbocycles. The molecule has 0 amide bonds. The number of hydrogen-bond donors (Lipinski definition) is 0. The Morgan fingerprint density at radius 1 is 0.359 bits per heavy atom. The minimum atomic E-state index is -0.507. The zero-order chi connectivity index (χ0) is 42.6. The van der Waals surface area contributed by atoms with E-state index in [9.17, 15) is 0 Å². The van der Waals surface area contributed by atoms with E-state index in [2.05, 4.69) is 243 Å². The lowest BCUT2D eigenvalue weighted by Crippen LogP contribution is -2.28. The van der Waals surface area contributed by atoms with Crippen LogP contribution in [0, 0.1) is 0 Å². The molecule has 1 nitrogen and oxygen atoms in total. The van der Waals surface area contributed by atoms with Crippen LogP contribution < -0.4 is 4.90 Å². The maximum atomic E-state index is 2.49. The molecule has 0 unspecified atom stereocenters. The highest BCUT2D eigenvalue weighted by atomic mass is 32.1. The summed E-state index contributed by atoms with van der Waals surface area (Å²) in [4.78, 5) is 2.49. The number of fused-ring (bicyclic) bond motifs is 11. The van der Waals surface area contributed by atoms with Gasteiger partial charge in [-0.3, -0.25) is 0 Å². The Labute approximate surface area is 378 Å². The van der Waals surface area contributed by atoms with Crippen LogP contribution in [0.2, 0.25) is 0 Å². The summed E-state index contributed by atoms with van der Waals surface area (Å²) in [5, 5.41) is 5.26. The van der Waals surface area contributed by atoms with Gasteiger partial charge in [0.15, 0.2) is 0 Å². The Morgan fingerprint density at radius 2 is 0.906 bits per heavy atom. The number of benzene rings is 10. The summed E-state index contributed by atoms with van der Waals surface area (Å²) >= 11 is 1.88. The van der Waals surface area contributed by atoms with Crippen LogP contribution in [0.4, 0.5) is 17.1 Å². The summed E-state index contributed by atoms with van der Waals surface area (Å²) in [7, 11) is 0. The molecule has 1 aromatic heterocycles. The molecule has 2 aliphatic rings. The predicted molar refractivity (Wildman–Crippen MR) is 272 cm³/mol. The first-order valence-corrected chi connectivity index (χ1v) is 23.2. The molecule has 0 N–H and O–H groups in total. The maximum absolute atomic E-state index is 2.49. The van der Waals surface area contributed by atoms with Crippen molar-refractivity contribution in [1.29, 1.82) is 0 Å². The summed E-state index contributed by atoms with van der Waals surface area (Å²) in [6.45, 7) is 4.75. The van der Waals surface area contributed by atoms with Crippen LogP contribution in [0.5, 0.6) is 0 Å². The molecule has 0 bridgehead atoms. The highest BCUT2D eigenvalue weighted by Gasteiger charge is 2.46. The van der Waals surface area contributed by atoms with Gasteiger partial charge in [0.25, 0.3) is 0 Å². The number of anilines is 3. The smallest absolute Gasteiger partial charge is 0.0714 e. The number of rotatable bonds is 6. The van der Waals surface area contributed by atoms with Gasteiger partial charge in [0.05, 0.1) is 5.41 Å². The average Bonchev–Trinajstić information content (AvgIpc) is 3.96. The van der Waals surface area contributed by atoms with Crippen LogP contribution in [-0.4, -0.2) is 0 Å². The van der Waals surface area contributed by atoms with Crippen LogP contribution in [0.1, 0.15) is 47.2 Å². The van der Waals surface area contributed by atoms with Gasteiger partial charge < -0.3 is 4.90 Å². The monoisotopic (exact) mass is 833 g/mol. The largest absolute Gasteiger partial charge is 0.310 e. The first-order valence-electron chi connectivity index (χ1n) is 22.3. The van der Waals surface area contributed by atoms with Crippen molar-refractivity contribution < 1.29 is 0 Å². The second-order valence-electron chi connectivity index (χ2n) is 18.0. The van der Waals surface area contributed by atoms with Crippen LogP contribution in [0.25, 0.3) is 64.3 Å². The molecule has 10 aromatic carbocycles. The molecule has 11 aromatic rings. The van der Waals surface area contributed by atoms with E-state index >= 15 is 0 Å². The summed E-state index contributed by atoms with van der Waals surface area (Å²) in [6, 6.07) is 84.0. The van der Waals surface area contributed by atoms with E-state index in [0.717, 1.165) is 17.1 Å². The fraction of sp³-hybridized carbons (Fsp3) is 0.0645. The van der Waals surface area contributed by atoms with E-state index in [1.54, 1.807) is 0 Å². The molecule has 0 spiro atoms. The molecule has 64 heavy (non-hydrogen) atoms. The Bertz CT molecular complexity index is 3590. The third-order valence-electron chi connectivity index (χ3n) is 14.3. The molecule has 0 atom stereocenters. The first kappa shape index (κ1) is 37.1. The van der Waals surface area contributed by atoms with Gasteiger partial charge in [-0.2, -0.15) is 0 Å². The van der Waals surface area contributed by atoms with E-state index in [-0.39, 0.29) is 5.41 Å². The fourth-order valence-electron chi connectivity index (χ4n) is 11.5. The molecule has 2 heteroatoms. The quantitative estimate of drug-likeness (QED) is 0.161. The number of thiophene rings is 1. The Hall–Kier alpha value is -7.52. The van der Waals surface area contributed by atoms with E-state index in [1.165, 1.54) is 97.7 Å². The lowest BCUT2D eigenvalue weighted by Gasteiger charge is -2.35. The van der Waals surface area contributed by atoms with Crippen molar-refractivity contribution in [2.45, 2.75) is 24.7 Å². The number of nitrogens with zero attached hydrogens (tertiary/aromatic N) is 1. The second-order valence-corrected chi connectivity index (χ2v) is 19.1. The SMILES string of the molecule is CC1(C)c2ccccc2-c2ccc(N(c3ccc(-c4cccc5ccc6sc7ccccc7c6c45)cc3)c3ccc4c(c3)C(c3ccccc3)(c3ccccc3)c3ccccc3-4)cc21. The molecule has 0 radical (unpaired) electrons. The average molecular weight is 834 g/mol. The summed E-state index contributed by atoms with van der Waals surface area (Å²) in [5.74, 6) is 0. The Morgan fingerprint density at radius 3 is 1.62 bits per heavy atom. The highest BCUT2D eigenvalue weighted by Crippen LogP contribution is 2.58. The van der Waals surface area contributed by atoms with Gasteiger partial charge in [0.1, 0.15) is 0 Å². The van der Waals surface area contributed by atoms with E-state index in [0.29, 0.717) is 0 Å². The lowest BCUT2D eigenvalue weighted by atomic mass is 9.67.